The summed E-state index contributed by atoms with van der Waals surface area (Å²) in [7, 11) is 0. The molecule has 0 saturated carbocycles. The molecule has 0 spiro atoms. The van der Waals surface area contributed by atoms with E-state index in [0.717, 1.165) is 12.8 Å². The minimum atomic E-state index is 0.259. The molecule has 0 aromatic carbocycles. The van der Waals surface area contributed by atoms with E-state index in [-0.39, 0.29) is 6.61 Å². The number of fused-ring (bicyclic) bond motifs is 1. The summed E-state index contributed by atoms with van der Waals surface area (Å²) in [6.07, 6.45) is 10.3. The molecule has 104 valence electrons. The Morgan fingerprint density at radius 3 is 3.00 bits per heavy atom. The van der Waals surface area contributed by atoms with Crippen LogP contribution < -0.4 is 5.32 Å². The molecule has 0 saturated heterocycles. The lowest BCUT2D eigenvalue weighted by Crippen LogP contribution is -2.29. The largest absolute Gasteiger partial charge is 0.396 e. The average molecular weight is 278 g/mol. The highest BCUT2D eigenvalue weighted by molar-refractivity contribution is 7.11. The van der Waals surface area contributed by atoms with Gasteiger partial charge in [-0.15, -0.1) is 11.3 Å². The van der Waals surface area contributed by atoms with Gasteiger partial charge < -0.3 is 10.4 Å². The van der Waals surface area contributed by atoms with Gasteiger partial charge in [-0.3, -0.25) is 0 Å². The van der Waals surface area contributed by atoms with Gasteiger partial charge >= 0.3 is 0 Å². The second-order valence-electron chi connectivity index (χ2n) is 5.69. The molecule has 0 aliphatic heterocycles. The van der Waals surface area contributed by atoms with E-state index >= 15 is 0 Å². The van der Waals surface area contributed by atoms with E-state index in [2.05, 4.69) is 24.4 Å². The van der Waals surface area contributed by atoms with Gasteiger partial charge in [0.15, 0.2) is 0 Å². The normalized spacial score (nSPS) is 27.5. The lowest BCUT2D eigenvalue weighted by molar-refractivity contribution is 0.245. The van der Waals surface area contributed by atoms with Crippen LogP contribution in [0, 0.1) is 5.92 Å². The fourth-order valence-corrected chi connectivity index (χ4v) is 4.15. The third-order valence-electron chi connectivity index (χ3n) is 4.10. The molecule has 0 unspecified atom stereocenters. The first kappa shape index (κ1) is 13.3. The van der Waals surface area contributed by atoms with Crippen molar-refractivity contribution in [3.63, 3.8) is 0 Å². The van der Waals surface area contributed by atoms with Crippen molar-refractivity contribution >= 4 is 11.3 Å². The third kappa shape index (κ3) is 2.91. The average Bonchev–Trinajstić information content (AvgIpc) is 3.04. The summed E-state index contributed by atoms with van der Waals surface area (Å²) in [4.78, 5) is 6.32. The van der Waals surface area contributed by atoms with Crippen molar-refractivity contribution in [2.75, 3.05) is 6.61 Å². The number of nitrogens with zero attached hydrogens (tertiary/aromatic N) is 1. The molecule has 2 N–H and O–H groups in total. The maximum absolute atomic E-state index is 9.16. The number of rotatable bonds is 4. The summed E-state index contributed by atoms with van der Waals surface area (Å²) >= 11 is 1.89. The van der Waals surface area contributed by atoms with Crippen LogP contribution in [0.4, 0.5) is 0 Å². The van der Waals surface area contributed by atoms with Crippen LogP contribution in [0.15, 0.2) is 12.2 Å². The Morgan fingerprint density at radius 2 is 2.26 bits per heavy atom. The van der Waals surface area contributed by atoms with E-state index in [4.69, 9.17) is 10.1 Å². The van der Waals surface area contributed by atoms with Gasteiger partial charge in [0.2, 0.25) is 0 Å². The molecule has 2 aliphatic carbocycles. The summed E-state index contributed by atoms with van der Waals surface area (Å²) in [5, 5.41) is 14.0. The number of aliphatic hydroxyl groups is 1. The zero-order valence-corrected chi connectivity index (χ0v) is 12.2. The number of nitrogens with one attached hydrogen (secondary N) is 1. The highest BCUT2D eigenvalue weighted by Crippen LogP contribution is 2.30. The lowest BCUT2D eigenvalue weighted by atomic mass is 10.0. The van der Waals surface area contributed by atoms with E-state index in [0.29, 0.717) is 18.0 Å². The Kier molecular flexibility index (Phi) is 4.01. The first-order valence-electron chi connectivity index (χ1n) is 7.30. The molecule has 0 radical (unpaired) electrons. The molecule has 0 amide bonds. The van der Waals surface area contributed by atoms with Crippen LogP contribution in [0.3, 0.4) is 0 Å². The van der Waals surface area contributed by atoms with Crippen molar-refractivity contribution in [2.45, 2.75) is 51.1 Å². The smallest absolute Gasteiger partial charge is 0.110 e. The molecule has 3 nitrogen and oxygen atoms in total. The summed E-state index contributed by atoms with van der Waals surface area (Å²) < 4.78 is 0. The number of aliphatic hydroxyl groups excluding tert-OH is 1. The molecule has 3 atom stereocenters. The van der Waals surface area contributed by atoms with Gasteiger partial charge in [-0.25, -0.2) is 4.98 Å². The molecule has 1 aromatic rings. The van der Waals surface area contributed by atoms with Crippen molar-refractivity contribution in [3.05, 3.63) is 27.7 Å². The maximum Gasteiger partial charge on any atom is 0.110 e. The van der Waals surface area contributed by atoms with E-state index < -0.39 is 0 Å². The molecule has 0 bridgehead atoms. The number of hydrogen-bond donors (Lipinski definition) is 2. The highest BCUT2D eigenvalue weighted by atomic mass is 32.1. The van der Waals surface area contributed by atoms with E-state index in [1.165, 1.54) is 34.8 Å². The molecule has 4 heteroatoms. The molecule has 0 fully saturated rings. The fourth-order valence-electron chi connectivity index (χ4n) is 2.98. The summed E-state index contributed by atoms with van der Waals surface area (Å²) in [5.74, 6) is 0.328. The van der Waals surface area contributed by atoms with Gasteiger partial charge in [0, 0.05) is 23.4 Å². The van der Waals surface area contributed by atoms with Crippen molar-refractivity contribution in [2.24, 2.45) is 5.92 Å². The quantitative estimate of drug-likeness (QED) is 0.832. The SMILES string of the molecule is C[C@H](N[C@@H]1C=C[C@H](CO)C1)c1nc2c(s1)CCCC2. The monoisotopic (exact) mass is 278 g/mol. The Balaban J connectivity index is 1.63. The number of hydrogen-bond acceptors (Lipinski definition) is 4. The molecule has 3 rings (SSSR count). The highest BCUT2D eigenvalue weighted by Gasteiger charge is 2.23. The lowest BCUT2D eigenvalue weighted by Gasteiger charge is -2.17. The van der Waals surface area contributed by atoms with Gasteiger partial charge in [0.25, 0.3) is 0 Å². The van der Waals surface area contributed by atoms with Crippen LogP contribution in [0.25, 0.3) is 0 Å². The van der Waals surface area contributed by atoms with Crippen LogP contribution in [0.5, 0.6) is 0 Å². The van der Waals surface area contributed by atoms with E-state index in [9.17, 15) is 0 Å². The number of thiazole rings is 1. The Morgan fingerprint density at radius 1 is 1.42 bits per heavy atom. The van der Waals surface area contributed by atoms with Gasteiger partial charge in [-0.1, -0.05) is 12.2 Å². The standard InChI is InChI=1S/C15H22N2OS/c1-10(16-12-7-6-11(8-12)9-18)15-17-13-4-2-3-5-14(13)19-15/h6-7,10-12,16,18H,2-5,8-9H2,1H3/t10-,11-,12+/m0/s1. The van der Waals surface area contributed by atoms with E-state index in [1.807, 2.05) is 11.3 Å². The van der Waals surface area contributed by atoms with Gasteiger partial charge in [-0.2, -0.15) is 0 Å². The van der Waals surface area contributed by atoms with Crippen molar-refractivity contribution in [1.29, 1.82) is 0 Å². The van der Waals surface area contributed by atoms with Gasteiger partial charge in [0.05, 0.1) is 11.7 Å². The van der Waals surface area contributed by atoms with Gasteiger partial charge in [-0.05, 0) is 39.0 Å². The topological polar surface area (TPSA) is 45.1 Å². The second kappa shape index (κ2) is 5.73. The molecule has 19 heavy (non-hydrogen) atoms. The second-order valence-corrected chi connectivity index (χ2v) is 6.80. The zero-order chi connectivity index (χ0) is 13.2. The number of aromatic nitrogens is 1. The summed E-state index contributed by atoms with van der Waals surface area (Å²) in [6, 6.07) is 0.691. The first-order chi connectivity index (χ1) is 9.26. The fraction of sp³-hybridized carbons (Fsp3) is 0.667. The Hall–Kier alpha value is -0.710. The van der Waals surface area contributed by atoms with Crippen molar-refractivity contribution in [1.82, 2.24) is 10.3 Å². The predicted octanol–water partition coefficient (Wildman–Crippen LogP) is 2.61. The van der Waals surface area contributed by atoms with Crippen LogP contribution in [0.2, 0.25) is 0 Å². The minimum Gasteiger partial charge on any atom is -0.396 e. The van der Waals surface area contributed by atoms with Crippen molar-refractivity contribution in [3.8, 4) is 0 Å². The van der Waals surface area contributed by atoms with Gasteiger partial charge in [0.1, 0.15) is 5.01 Å². The van der Waals surface area contributed by atoms with Crippen LogP contribution >= 0.6 is 11.3 Å². The minimum absolute atomic E-state index is 0.259. The molecule has 2 aliphatic rings. The molecule has 1 aromatic heterocycles. The predicted molar refractivity (Wildman–Crippen MR) is 78.4 cm³/mol. The van der Waals surface area contributed by atoms with Crippen LogP contribution in [-0.4, -0.2) is 22.7 Å². The zero-order valence-electron chi connectivity index (χ0n) is 11.4. The number of aryl methyl sites for hydroxylation is 2. The summed E-state index contributed by atoms with van der Waals surface area (Å²) in [6.45, 7) is 2.46. The third-order valence-corrected chi connectivity index (χ3v) is 5.44. The maximum atomic E-state index is 9.16. The molecule has 1 heterocycles. The first-order valence-corrected chi connectivity index (χ1v) is 8.11. The van der Waals surface area contributed by atoms with E-state index in [1.54, 1.807) is 0 Å². The Labute approximate surface area is 118 Å². The summed E-state index contributed by atoms with van der Waals surface area (Å²) in [5.41, 5.74) is 1.34. The molecular weight excluding hydrogens is 256 g/mol. The van der Waals surface area contributed by atoms with Crippen molar-refractivity contribution < 1.29 is 5.11 Å². The van der Waals surface area contributed by atoms with Crippen LogP contribution in [-0.2, 0) is 12.8 Å². The van der Waals surface area contributed by atoms with Crippen LogP contribution in [0.1, 0.15) is 47.8 Å². The molecular formula is C15H22N2OS. The Bertz CT molecular complexity index is 445.